The lowest BCUT2D eigenvalue weighted by Crippen LogP contribution is -2.38. The molecular formula is C17H28Cl2N4O2. The number of piperidine rings is 1. The van der Waals surface area contributed by atoms with Crippen molar-refractivity contribution in [1.29, 1.82) is 0 Å². The number of primary amides is 1. The number of carbonyl (C=O) groups is 2. The van der Waals surface area contributed by atoms with Gasteiger partial charge in [0.05, 0.1) is 0 Å². The molecule has 0 saturated carbocycles. The molecule has 1 heterocycles. The zero-order valence-corrected chi connectivity index (χ0v) is 16.1. The highest BCUT2D eigenvalue weighted by Crippen LogP contribution is 2.20. The van der Waals surface area contributed by atoms with E-state index in [1.54, 1.807) is 0 Å². The molecule has 1 aliphatic heterocycles. The Labute approximate surface area is 161 Å². The third-order valence-corrected chi connectivity index (χ3v) is 4.11. The van der Waals surface area contributed by atoms with Gasteiger partial charge in [-0.25, -0.2) is 0 Å². The first-order valence-corrected chi connectivity index (χ1v) is 8.10. The summed E-state index contributed by atoms with van der Waals surface area (Å²) in [5.41, 5.74) is 12.9. The fraction of sp³-hybridized carbons (Fsp3) is 0.529. The molecule has 6 nitrogen and oxygen atoms in total. The summed E-state index contributed by atoms with van der Waals surface area (Å²) in [6.45, 7) is 4.36. The second-order valence-electron chi connectivity index (χ2n) is 6.38. The maximum Gasteiger partial charge on any atom is 0.225 e. The van der Waals surface area contributed by atoms with Crippen LogP contribution in [0.15, 0.2) is 24.3 Å². The molecule has 5 N–H and O–H groups in total. The van der Waals surface area contributed by atoms with Crippen LogP contribution in [0.4, 0.5) is 5.69 Å². The maximum absolute atomic E-state index is 11.8. The Kier molecular flexibility index (Phi) is 10.7. The normalized spacial score (nSPS) is 16.2. The fourth-order valence-electron chi connectivity index (χ4n) is 2.89. The van der Waals surface area contributed by atoms with Crippen molar-refractivity contribution in [2.45, 2.75) is 38.8 Å². The Morgan fingerprint density at radius 1 is 1.28 bits per heavy atom. The van der Waals surface area contributed by atoms with Crippen molar-refractivity contribution in [1.82, 2.24) is 4.90 Å². The van der Waals surface area contributed by atoms with Crippen molar-refractivity contribution in [2.75, 3.05) is 18.4 Å². The van der Waals surface area contributed by atoms with Gasteiger partial charge in [-0.2, -0.15) is 0 Å². The van der Waals surface area contributed by atoms with Crippen LogP contribution in [0.2, 0.25) is 0 Å². The number of hydrogen-bond donors (Lipinski definition) is 3. The average Bonchev–Trinajstić information content (AvgIpc) is 2.47. The molecule has 0 spiro atoms. The van der Waals surface area contributed by atoms with E-state index in [1.165, 1.54) is 0 Å². The molecule has 2 rings (SSSR count). The summed E-state index contributed by atoms with van der Waals surface area (Å²) in [5, 5.41) is 2.87. The fourth-order valence-corrected chi connectivity index (χ4v) is 2.89. The number of likely N-dealkylation sites (tertiary alicyclic amines) is 1. The van der Waals surface area contributed by atoms with Gasteiger partial charge in [0.25, 0.3) is 0 Å². The molecule has 1 aliphatic rings. The highest BCUT2D eigenvalue weighted by atomic mass is 35.5. The van der Waals surface area contributed by atoms with Crippen LogP contribution in [0.25, 0.3) is 0 Å². The first-order chi connectivity index (χ1) is 10.9. The molecule has 1 fully saturated rings. The highest BCUT2D eigenvalue weighted by Gasteiger charge is 2.22. The Bertz CT molecular complexity index is 561. The second-order valence-corrected chi connectivity index (χ2v) is 6.38. The van der Waals surface area contributed by atoms with Crippen LogP contribution in [0.5, 0.6) is 0 Å². The lowest BCUT2D eigenvalue weighted by Gasteiger charge is -2.30. The van der Waals surface area contributed by atoms with Crippen LogP contribution in [0.3, 0.4) is 0 Å². The van der Waals surface area contributed by atoms with Gasteiger partial charge in [-0.1, -0.05) is 12.1 Å². The van der Waals surface area contributed by atoms with Crippen molar-refractivity contribution < 1.29 is 9.59 Å². The Balaban J connectivity index is 0.00000288. The molecule has 0 bridgehead atoms. The molecule has 2 amide bonds. The summed E-state index contributed by atoms with van der Waals surface area (Å²) in [6.07, 6.45) is 1.95. The van der Waals surface area contributed by atoms with E-state index < -0.39 is 0 Å². The number of carbonyl (C=O) groups excluding carboxylic acids is 2. The topological polar surface area (TPSA) is 101 Å². The van der Waals surface area contributed by atoms with E-state index in [-0.39, 0.29) is 48.6 Å². The SMILES string of the molecule is CC(N)CC(=O)Nc1cccc(CN2CCC(C(N)=O)CC2)c1.Cl.Cl. The zero-order valence-electron chi connectivity index (χ0n) is 14.4. The molecule has 1 saturated heterocycles. The summed E-state index contributed by atoms with van der Waals surface area (Å²) in [7, 11) is 0. The van der Waals surface area contributed by atoms with E-state index in [0.717, 1.165) is 43.7 Å². The van der Waals surface area contributed by atoms with E-state index in [0.29, 0.717) is 6.42 Å². The van der Waals surface area contributed by atoms with Gasteiger partial charge in [0, 0.05) is 30.6 Å². The van der Waals surface area contributed by atoms with Crippen molar-refractivity contribution >= 4 is 42.3 Å². The number of benzene rings is 1. The molecular weight excluding hydrogens is 363 g/mol. The molecule has 0 radical (unpaired) electrons. The minimum Gasteiger partial charge on any atom is -0.369 e. The molecule has 1 aromatic rings. The lowest BCUT2D eigenvalue weighted by molar-refractivity contribution is -0.123. The zero-order chi connectivity index (χ0) is 16.8. The van der Waals surface area contributed by atoms with Gasteiger partial charge in [0.1, 0.15) is 0 Å². The third kappa shape index (κ3) is 8.05. The van der Waals surface area contributed by atoms with Gasteiger partial charge >= 0.3 is 0 Å². The molecule has 0 aromatic heterocycles. The summed E-state index contributed by atoms with van der Waals surface area (Å²) < 4.78 is 0. The summed E-state index contributed by atoms with van der Waals surface area (Å²) >= 11 is 0. The minimum absolute atomic E-state index is 0. The van der Waals surface area contributed by atoms with Gasteiger partial charge in [0.15, 0.2) is 0 Å². The minimum atomic E-state index is -0.191. The number of hydrogen-bond acceptors (Lipinski definition) is 4. The van der Waals surface area contributed by atoms with Crippen LogP contribution < -0.4 is 16.8 Å². The maximum atomic E-state index is 11.8. The van der Waals surface area contributed by atoms with Crippen LogP contribution in [0.1, 0.15) is 31.7 Å². The molecule has 8 heteroatoms. The van der Waals surface area contributed by atoms with E-state index in [1.807, 2.05) is 31.2 Å². The standard InChI is InChI=1S/C17H26N4O2.2ClH/c1-12(18)9-16(22)20-15-4-2-3-13(10-15)11-21-7-5-14(6-8-21)17(19)23;;/h2-4,10,12,14H,5-9,11,18H2,1H3,(H2,19,23)(H,20,22);2*1H. The number of nitrogens with one attached hydrogen (secondary N) is 1. The van der Waals surface area contributed by atoms with Gasteiger partial charge in [0.2, 0.25) is 11.8 Å². The molecule has 1 aromatic carbocycles. The predicted octanol–water partition coefficient (Wildman–Crippen LogP) is 1.90. The van der Waals surface area contributed by atoms with Crippen LogP contribution in [0, 0.1) is 5.92 Å². The van der Waals surface area contributed by atoms with E-state index >= 15 is 0 Å². The van der Waals surface area contributed by atoms with E-state index in [9.17, 15) is 9.59 Å². The summed E-state index contributed by atoms with van der Waals surface area (Å²) in [5.74, 6) is -0.252. The largest absolute Gasteiger partial charge is 0.369 e. The Morgan fingerprint density at radius 3 is 2.48 bits per heavy atom. The number of rotatable bonds is 6. The van der Waals surface area contributed by atoms with Gasteiger partial charge in [-0.05, 0) is 50.6 Å². The molecule has 0 aliphatic carbocycles. The van der Waals surface area contributed by atoms with Crippen molar-refractivity contribution in [3.8, 4) is 0 Å². The number of nitrogens with two attached hydrogens (primary N) is 2. The van der Waals surface area contributed by atoms with Gasteiger partial charge < -0.3 is 16.8 Å². The number of halogens is 2. The predicted molar refractivity (Wildman–Crippen MR) is 105 cm³/mol. The summed E-state index contributed by atoms with van der Waals surface area (Å²) in [4.78, 5) is 25.3. The van der Waals surface area contributed by atoms with Crippen molar-refractivity contribution in [3.05, 3.63) is 29.8 Å². The smallest absolute Gasteiger partial charge is 0.225 e. The van der Waals surface area contributed by atoms with E-state index in [4.69, 9.17) is 11.5 Å². The van der Waals surface area contributed by atoms with Gasteiger partial charge in [-0.3, -0.25) is 14.5 Å². The molecule has 1 atom stereocenters. The van der Waals surface area contributed by atoms with Gasteiger partial charge in [-0.15, -0.1) is 24.8 Å². The quantitative estimate of drug-likeness (QED) is 0.689. The third-order valence-electron chi connectivity index (χ3n) is 4.11. The average molecular weight is 391 g/mol. The van der Waals surface area contributed by atoms with Crippen LogP contribution in [-0.4, -0.2) is 35.8 Å². The first-order valence-electron chi connectivity index (χ1n) is 8.10. The monoisotopic (exact) mass is 390 g/mol. The van der Waals surface area contributed by atoms with Crippen molar-refractivity contribution in [2.24, 2.45) is 17.4 Å². The van der Waals surface area contributed by atoms with Crippen LogP contribution >= 0.6 is 24.8 Å². The van der Waals surface area contributed by atoms with Crippen molar-refractivity contribution in [3.63, 3.8) is 0 Å². The molecule has 25 heavy (non-hydrogen) atoms. The number of nitrogens with zero attached hydrogens (tertiary/aromatic N) is 1. The Morgan fingerprint density at radius 2 is 1.92 bits per heavy atom. The Hall–Kier alpha value is -1.34. The number of anilines is 1. The second kappa shape index (κ2) is 11.3. The first kappa shape index (κ1) is 23.7. The number of amides is 2. The highest BCUT2D eigenvalue weighted by molar-refractivity contribution is 5.91. The summed E-state index contributed by atoms with van der Waals surface area (Å²) in [6, 6.07) is 7.69. The molecule has 142 valence electrons. The van der Waals surface area contributed by atoms with E-state index in [2.05, 4.69) is 10.2 Å². The lowest BCUT2D eigenvalue weighted by atomic mass is 9.96. The van der Waals surface area contributed by atoms with Crippen LogP contribution in [-0.2, 0) is 16.1 Å². The molecule has 1 unspecified atom stereocenters.